The van der Waals surface area contributed by atoms with Crippen LogP contribution in [0.4, 0.5) is 16.3 Å². The molecule has 1 aromatic carbocycles. The van der Waals surface area contributed by atoms with Gasteiger partial charge in [-0.1, -0.05) is 6.07 Å². The maximum atomic E-state index is 13.8. The first kappa shape index (κ1) is 27.0. The van der Waals surface area contributed by atoms with E-state index in [1.807, 2.05) is 45.9 Å². The van der Waals surface area contributed by atoms with Crippen LogP contribution < -0.4 is 15.5 Å². The molecule has 5 heterocycles. The number of imide groups is 1. The minimum Gasteiger partial charge on any atom is -0.477 e. The summed E-state index contributed by atoms with van der Waals surface area (Å²) in [6.45, 7) is 15.2. The summed E-state index contributed by atoms with van der Waals surface area (Å²) in [4.78, 5) is 32.6. The Hall–Kier alpha value is -3.15. The summed E-state index contributed by atoms with van der Waals surface area (Å²) in [6.07, 6.45) is -0.701. The quantitative estimate of drug-likeness (QED) is 0.566. The molecule has 1 N–H and O–H groups in total. The zero-order valence-electron chi connectivity index (χ0n) is 24.1. The van der Waals surface area contributed by atoms with Gasteiger partial charge >= 0.3 is 13.2 Å². The number of benzene rings is 1. The summed E-state index contributed by atoms with van der Waals surface area (Å²) >= 11 is 0. The minimum absolute atomic E-state index is 0.0435. The Labute approximate surface area is 234 Å². The number of nitrogens with one attached hydrogen (secondary N) is 1. The number of carbonyl (C=O) groups excluding carboxylic acids is 2. The number of aromatic nitrogens is 1. The van der Waals surface area contributed by atoms with Crippen molar-refractivity contribution in [2.24, 2.45) is 5.92 Å². The largest absolute Gasteiger partial charge is 0.495 e. The maximum Gasteiger partial charge on any atom is 0.495 e. The predicted molar refractivity (Wildman–Crippen MR) is 148 cm³/mol. The lowest BCUT2D eigenvalue weighted by atomic mass is 9.74. The van der Waals surface area contributed by atoms with E-state index >= 15 is 0 Å². The van der Waals surface area contributed by atoms with E-state index in [2.05, 4.69) is 5.32 Å². The topological polar surface area (TPSA) is 108 Å². The molecular formula is C29H36BN3O7. The zero-order valence-corrected chi connectivity index (χ0v) is 24.1. The Morgan fingerprint density at radius 3 is 2.50 bits per heavy atom. The van der Waals surface area contributed by atoms with Crippen LogP contribution in [-0.4, -0.2) is 65.6 Å². The number of fused-ring (bicyclic) bond motifs is 4. The fourth-order valence-corrected chi connectivity index (χ4v) is 5.55. The van der Waals surface area contributed by atoms with Gasteiger partial charge in [0.15, 0.2) is 0 Å². The second-order valence-electron chi connectivity index (χ2n) is 12.9. The Kier molecular flexibility index (Phi) is 6.21. The number of amides is 2. The van der Waals surface area contributed by atoms with Crippen LogP contribution in [0.3, 0.4) is 0 Å². The van der Waals surface area contributed by atoms with E-state index in [0.717, 1.165) is 10.5 Å². The van der Waals surface area contributed by atoms with Gasteiger partial charge in [0.1, 0.15) is 11.4 Å². The molecule has 2 unspecified atom stereocenters. The standard InChI is InChI=1S/C29H36BN3O7/c1-27(2,3)38-26(35)33-12-18-20(30-39-28(4,5)29(6,7)40-30)9-10-21(23(18)25(33)34)31-22-11-8-17-19-15-36-13-16(19)14-37-24(17)32-22/h8-11,16,19H,12-15H2,1-7H3,(H,31,32). The molecule has 6 rings (SSSR count). The molecule has 0 bridgehead atoms. The van der Waals surface area contributed by atoms with Gasteiger partial charge in [-0.25, -0.2) is 9.69 Å². The van der Waals surface area contributed by atoms with Gasteiger partial charge in [-0.3, -0.25) is 4.79 Å². The van der Waals surface area contributed by atoms with Crippen LogP contribution in [-0.2, 0) is 25.3 Å². The van der Waals surface area contributed by atoms with E-state index < -0.39 is 35.9 Å². The van der Waals surface area contributed by atoms with Crippen molar-refractivity contribution in [1.82, 2.24) is 9.88 Å². The van der Waals surface area contributed by atoms with Gasteiger partial charge in [0, 0.05) is 17.4 Å². The van der Waals surface area contributed by atoms with Crippen LogP contribution >= 0.6 is 0 Å². The van der Waals surface area contributed by atoms with Crippen molar-refractivity contribution in [1.29, 1.82) is 0 Å². The molecule has 0 saturated carbocycles. The first-order valence-corrected chi connectivity index (χ1v) is 13.8. The number of nitrogens with zero attached hydrogens (tertiary/aromatic N) is 2. The highest BCUT2D eigenvalue weighted by Gasteiger charge is 2.53. The smallest absolute Gasteiger partial charge is 0.477 e. The van der Waals surface area contributed by atoms with Gasteiger partial charge in [-0.05, 0) is 77.7 Å². The Balaban J connectivity index is 1.36. The van der Waals surface area contributed by atoms with Gasteiger partial charge in [0.05, 0.1) is 48.8 Å². The van der Waals surface area contributed by atoms with Crippen LogP contribution in [0.2, 0.25) is 0 Å². The monoisotopic (exact) mass is 549 g/mol. The SMILES string of the molecule is CC(C)(C)OC(=O)N1Cc2c(B3OC(C)(C)C(C)(C)O3)ccc(Nc3ccc4c(n3)OCC3COCC43)c2C1=O. The summed E-state index contributed by atoms with van der Waals surface area (Å²) in [7, 11) is -0.698. The highest BCUT2D eigenvalue weighted by molar-refractivity contribution is 6.63. The number of pyridine rings is 1. The molecule has 10 nitrogen and oxygen atoms in total. The van der Waals surface area contributed by atoms with Crippen LogP contribution in [0, 0.1) is 5.92 Å². The molecule has 2 fully saturated rings. The summed E-state index contributed by atoms with van der Waals surface area (Å²) in [6, 6.07) is 7.57. The molecule has 0 radical (unpaired) electrons. The summed E-state index contributed by atoms with van der Waals surface area (Å²) < 4.78 is 29.8. The van der Waals surface area contributed by atoms with Gasteiger partial charge in [-0.15, -0.1) is 0 Å². The van der Waals surface area contributed by atoms with E-state index in [1.165, 1.54) is 0 Å². The third-order valence-electron chi connectivity index (χ3n) is 8.43. The third kappa shape index (κ3) is 4.54. The second-order valence-corrected chi connectivity index (χ2v) is 12.9. The predicted octanol–water partition coefficient (Wildman–Crippen LogP) is 4.14. The van der Waals surface area contributed by atoms with Crippen molar-refractivity contribution in [3.63, 3.8) is 0 Å². The number of hydrogen-bond acceptors (Lipinski definition) is 9. The summed E-state index contributed by atoms with van der Waals surface area (Å²) in [5.74, 6) is 1.27. The molecule has 212 valence electrons. The molecule has 2 atom stereocenters. The number of ether oxygens (including phenoxy) is 3. The molecule has 2 amide bonds. The second kappa shape index (κ2) is 9.19. The highest BCUT2D eigenvalue weighted by Crippen LogP contribution is 2.41. The first-order chi connectivity index (χ1) is 18.7. The maximum absolute atomic E-state index is 13.8. The number of hydrogen-bond donors (Lipinski definition) is 1. The van der Waals surface area contributed by atoms with Crippen LogP contribution in [0.25, 0.3) is 0 Å². The van der Waals surface area contributed by atoms with Crippen molar-refractivity contribution in [2.75, 3.05) is 25.1 Å². The highest BCUT2D eigenvalue weighted by atomic mass is 16.7. The Bertz CT molecular complexity index is 1370. The molecule has 0 spiro atoms. The van der Waals surface area contributed by atoms with Crippen molar-refractivity contribution < 1.29 is 33.1 Å². The molecular weight excluding hydrogens is 513 g/mol. The van der Waals surface area contributed by atoms with E-state index in [-0.39, 0.29) is 12.5 Å². The number of rotatable bonds is 3. The molecule has 1 aromatic heterocycles. The van der Waals surface area contributed by atoms with Gasteiger partial charge in [0.25, 0.3) is 5.91 Å². The van der Waals surface area contributed by atoms with Gasteiger partial charge in [-0.2, -0.15) is 4.98 Å². The van der Waals surface area contributed by atoms with Crippen LogP contribution in [0.1, 0.15) is 75.9 Å². The van der Waals surface area contributed by atoms with E-state index in [9.17, 15) is 9.59 Å². The van der Waals surface area contributed by atoms with E-state index in [0.29, 0.717) is 59.7 Å². The molecule has 0 aliphatic carbocycles. The normalized spacial score (nSPS) is 24.3. The average molecular weight is 549 g/mol. The fourth-order valence-electron chi connectivity index (χ4n) is 5.55. The van der Waals surface area contributed by atoms with E-state index in [1.54, 1.807) is 26.8 Å². The van der Waals surface area contributed by atoms with Crippen molar-refractivity contribution in [3.05, 3.63) is 41.0 Å². The lowest BCUT2D eigenvalue weighted by Gasteiger charge is -2.32. The Morgan fingerprint density at radius 2 is 1.80 bits per heavy atom. The molecule has 4 aliphatic rings. The van der Waals surface area contributed by atoms with Gasteiger partial charge < -0.3 is 28.8 Å². The van der Waals surface area contributed by atoms with Crippen molar-refractivity contribution in [3.8, 4) is 5.88 Å². The molecule has 11 heteroatoms. The molecule has 4 aliphatic heterocycles. The number of anilines is 2. The minimum atomic E-state index is -0.752. The Morgan fingerprint density at radius 1 is 1.07 bits per heavy atom. The van der Waals surface area contributed by atoms with Crippen molar-refractivity contribution in [2.45, 2.75) is 77.7 Å². The molecule has 2 aromatic rings. The lowest BCUT2D eigenvalue weighted by Crippen LogP contribution is -2.41. The van der Waals surface area contributed by atoms with Crippen LogP contribution in [0.5, 0.6) is 5.88 Å². The van der Waals surface area contributed by atoms with Crippen molar-refractivity contribution >= 4 is 36.1 Å². The number of carbonyl (C=O) groups is 2. The average Bonchev–Trinajstić information content (AvgIpc) is 3.52. The summed E-state index contributed by atoms with van der Waals surface area (Å²) in [5.41, 5.74) is 1.40. The zero-order chi connectivity index (χ0) is 28.6. The van der Waals surface area contributed by atoms with Crippen LogP contribution in [0.15, 0.2) is 24.3 Å². The van der Waals surface area contributed by atoms with E-state index in [4.69, 9.17) is 28.5 Å². The third-order valence-corrected chi connectivity index (χ3v) is 8.43. The lowest BCUT2D eigenvalue weighted by molar-refractivity contribution is 0.00578. The summed E-state index contributed by atoms with van der Waals surface area (Å²) in [5, 5.41) is 3.30. The fraction of sp³-hybridized carbons (Fsp3) is 0.552. The molecule has 40 heavy (non-hydrogen) atoms. The van der Waals surface area contributed by atoms with Gasteiger partial charge in [0.2, 0.25) is 5.88 Å². The molecule has 2 saturated heterocycles. The first-order valence-electron chi connectivity index (χ1n) is 13.8.